The summed E-state index contributed by atoms with van der Waals surface area (Å²) >= 11 is 3.44. The minimum atomic E-state index is -3.07. The quantitative estimate of drug-likeness (QED) is 0.496. The van der Waals surface area contributed by atoms with Gasteiger partial charge in [-0.1, -0.05) is 11.8 Å². The van der Waals surface area contributed by atoms with Crippen molar-refractivity contribution in [2.75, 3.05) is 11.5 Å². The molecule has 8 heteroatoms. The minimum Gasteiger partial charge on any atom is -0.431 e. The van der Waals surface area contributed by atoms with Crippen molar-refractivity contribution in [1.82, 2.24) is 4.98 Å². The van der Waals surface area contributed by atoms with E-state index < -0.39 is 11.0 Å². The molecule has 0 aliphatic rings. The molecule has 2 N–H and O–H groups in total. The Kier molecular flexibility index (Phi) is 4.29. The van der Waals surface area contributed by atoms with E-state index >= 15 is 0 Å². The molecule has 0 fully saturated rings. The van der Waals surface area contributed by atoms with Gasteiger partial charge in [0, 0.05) is 23.9 Å². The van der Waals surface area contributed by atoms with Crippen molar-refractivity contribution >= 4 is 44.5 Å². The van der Waals surface area contributed by atoms with Crippen LogP contribution in [0.25, 0.3) is 11.1 Å². The van der Waals surface area contributed by atoms with Crippen LogP contribution < -0.4 is 5.73 Å². The van der Waals surface area contributed by atoms with Gasteiger partial charge in [-0.05, 0) is 28.1 Å². The third kappa shape index (κ3) is 3.56. The van der Waals surface area contributed by atoms with Gasteiger partial charge in [-0.3, -0.25) is 0 Å². The number of thioether (sulfide) groups is 1. The Bertz CT molecular complexity index is 576. The summed E-state index contributed by atoms with van der Waals surface area (Å²) in [6.07, 6.45) is -3.42. The molecule has 2 aromatic rings. The van der Waals surface area contributed by atoms with Crippen molar-refractivity contribution in [3.8, 4) is 0 Å². The van der Waals surface area contributed by atoms with Gasteiger partial charge in [0.05, 0.1) is 0 Å². The molecule has 1 unspecified atom stereocenters. The number of fused-ring (bicyclic) bond motifs is 1. The molecule has 0 bridgehead atoms. The maximum Gasteiger partial charge on any atom is 0.282 e. The molecule has 0 saturated carbocycles. The topological polar surface area (TPSA) is 52.0 Å². The zero-order valence-corrected chi connectivity index (χ0v) is 12.0. The number of alkyl halides is 4. The lowest BCUT2D eigenvalue weighted by molar-refractivity contribution is 0.0307. The van der Waals surface area contributed by atoms with Crippen molar-refractivity contribution in [2.45, 2.75) is 22.6 Å². The second-order valence-corrected chi connectivity index (χ2v) is 6.23. The number of oxazole rings is 1. The normalized spacial score (nSPS) is 15.0. The second kappa shape index (κ2) is 5.62. The number of rotatable bonds is 5. The highest BCUT2D eigenvalue weighted by molar-refractivity contribution is 9.10. The van der Waals surface area contributed by atoms with Crippen LogP contribution in [0.1, 0.15) is 6.42 Å². The predicted molar refractivity (Wildman–Crippen MR) is 72.5 cm³/mol. The zero-order chi connectivity index (χ0) is 14.0. The molecular formula is C11H10BrF3N2OS. The molecule has 19 heavy (non-hydrogen) atoms. The van der Waals surface area contributed by atoms with Crippen molar-refractivity contribution in [2.24, 2.45) is 0 Å². The largest absolute Gasteiger partial charge is 0.431 e. The smallest absolute Gasteiger partial charge is 0.282 e. The van der Waals surface area contributed by atoms with Gasteiger partial charge in [0.25, 0.3) is 11.6 Å². The van der Waals surface area contributed by atoms with Crippen molar-refractivity contribution < 1.29 is 17.6 Å². The molecule has 0 aliphatic carbocycles. The molecule has 104 valence electrons. The van der Waals surface area contributed by atoms with Crippen molar-refractivity contribution in [3.63, 3.8) is 0 Å². The van der Waals surface area contributed by atoms with E-state index in [1.54, 1.807) is 18.2 Å². The number of halogens is 4. The van der Waals surface area contributed by atoms with E-state index in [2.05, 4.69) is 20.9 Å². The average Bonchev–Trinajstić information content (AvgIpc) is 2.70. The fourth-order valence-corrected chi connectivity index (χ4v) is 2.71. The lowest BCUT2D eigenvalue weighted by Crippen LogP contribution is -2.24. The molecule has 0 aliphatic heterocycles. The van der Waals surface area contributed by atoms with Crippen molar-refractivity contribution in [3.05, 3.63) is 18.2 Å². The second-order valence-electron chi connectivity index (χ2n) is 3.87. The summed E-state index contributed by atoms with van der Waals surface area (Å²) in [5, 5.41) is 0.304. The Hall–Kier alpha value is -0.890. The third-order valence-electron chi connectivity index (χ3n) is 2.37. The molecule has 1 aromatic carbocycles. The van der Waals surface area contributed by atoms with Crippen LogP contribution >= 0.6 is 27.7 Å². The molecule has 0 spiro atoms. The van der Waals surface area contributed by atoms with Crippen LogP contribution in [0.4, 0.5) is 18.9 Å². The summed E-state index contributed by atoms with van der Waals surface area (Å²) in [6.45, 7) is 0. The van der Waals surface area contributed by atoms with Crippen LogP contribution in [0.3, 0.4) is 0 Å². The molecule has 1 atom stereocenters. The lowest BCUT2D eigenvalue weighted by Gasteiger charge is -2.15. The first-order valence-electron chi connectivity index (χ1n) is 5.33. The maximum atomic E-state index is 13.3. The molecular weight excluding hydrogens is 345 g/mol. The number of nitrogens with zero attached hydrogens (tertiary/aromatic N) is 1. The monoisotopic (exact) mass is 354 g/mol. The maximum absolute atomic E-state index is 13.3. The Morgan fingerprint density at radius 2 is 2.21 bits per heavy atom. The van der Waals surface area contributed by atoms with E-state index in [-0.39, 0.29) is 12.2 Å². The number of anilines is 1. The molecule has 1 heterocycles. The van der Waals surface area contributed by atoms with Gasteiger partial charge in [-0.2, -0.15) is 0 Å². The van der Waals surface area contributed by atoms with Crippen LogP contribution in [0, 0.1) is 0 Å². The van der Waals surface area contributed by atoms with Gasteiger partial charge in [0.1, 0.15) is 5.52 Å². The summed E-state index contributed by atoms with van der Waals surface area (Å²) in [4.78, 5) is 4.13. The number of nitrogen functional groups attached to an aromatic ring is 1. The Labute approximate surface area is 119 Å². The number of hydrogen-bond donors (Lipinski definition) is 1. The zero-order valence-electron chi connectivity index (χ0n) is 9.58. The number of aromatic nitrogens is 1. The van der Waals surface area contributed by atoms with Crippen LogP contribution in [-0.4, -0.2) is 21.7 Å². The van der Waals surface area contributed by atoms with Crippen LogP contribution in [0.5, 0.6) is 0 Å². The highest BCUT2D eigenvalue weighted by atomic mass is 79.9. The summed E-state index contributed by atoms with van der Waals surface area (Å²) < 4.78 is 40.5. The fraction of sp³-hybridized carbons (Fsp3) is 0.364. The van der Waals surface area contributed by atoms with Crippen LogP contribution in [0.2, 0.25) is 0 Å². The highest BCUT2D eigenvalue weighted by Crippen LogP contribution is 2.34. The third-order valence-corrected chi connectivity index (χ3v) is 3.95. The van der Waals surface area contributed by atoms with E-state index in [0.29, 0.717) is 22.0 Å². The standard InChI is InChI=1S/C11H10BrF3N2OS/c12-11(15,9(13)14)3-4-19-10-17-7-2-1-6(16)5-8(7)18-10/h1-2,5,9H,3-4,16H2. The Morgan fingerprint density at radius 1 is 1.47 bits per heavy atom. The van der Waals surface area contributed by atoms with Gasteiger partial charge in [-0.25, -0.2) is 18.2 Å². The summed E-state index contributed by atoms with van der Waals surface area (Å²) in [6, 6.07) is 5.00. The summed E-state index contributed by atoms with van der Waals surface area (Å²) in [5.74, 6) is 0.119. The Balaban J connectivity index is 1.99. The van der Waals surface area contributed by atoms with E-state index in [9.17, 15) is 13.2 Å². The van der Waals surface area contributed by atoms with Crippen LogP contribution in [0.15, 0.2) is 27.8 Å². The van der Waals surface area contributed by atoms with Crippen molar-refractivity contribution in [1.29, 1.82) is 0 Å². The van der Waals surface area contributed by atoms with E-state index in [4.69, 9.17) is 10.2 Å². The molecule has 0 radical (unpaired) electrons. The first kappa shape index (κ1) is 14.5. The Morgan fingerprint density at radius 3 is 2.89 bits per heavy atom. The fourth-order valence-electron chi connectivity index (χ4n) is 1.37. The minimum absolute atomic E-state index is 0.119. The molecule has 1 aromatic heterocycles. The number of hydrogen-bond acceptors (Lipinski definition) is 4. The first-order chi connectivity index (χ1) is 8.88. The molecule has 0 saturated heterocycles. The van der Waals surface area contributed by atoms with Gasteiger partial charge in [0.15, 0.2) is 5.58 Å². The predicted octanol–water partition coefficient (Wildman–Crippen LogP) is 4.22. The summed E-state index contributed by atoms with van der Waals surface area (Å²) in [5.41, 5.74) is 7.27. The van der Waals surface area contributed by atoms with E-state index in [1.165, 1.54) is 0 Å². The molecule has 3 nitrogen and oxygen atoms in total. The van der Waals surface area contributed by atoms with Gasteiger partial charge >= 0.3 is 0 Å². The van der Waals surface area contributed by atoms with Gasteiger partial charge in [-0.15, -0.1) is 0 Å². The average molecular weight is 355 g/mol. The SMILES string of the molecule is Nc1ccc2nc(SCCC(F)(Br)C(F)F)oc2c1. The lowest BCUT2D eigenvalue weighted by atomic mass is 10.3. The van der Waals surface area contributed by atoms with E-state index in [1.807, 2.05) is 0 Å². The molecule has 2 rings (SSSR count). The number of benzene rings is 1. The van der Waals surface area contributed by atoms with E-state index in [0.717, 1.165) is 11.8 Å². The van der Waals surface area contributed by atoms with Crippen LogP contribution in [-0.2, 0) is 0 Å². The highest BCUT2D eigenvalue weighted by Gasteiger charge is 2.36. The summed E-state index contributed by atoms with van der Waals surface area (Å²) in [7, 11) is 0. The first-order valence-corrected chi connectivity index (χ1v) is 7.11. The van der Waals surface area contributed by atoms with Gasteiger partial charge < -0.3 is 10.2 Å². The number of nitrogens with two attached hydrogens (primary N) is 1. The van der Waals surface area contributed by atoms with Gasteiger partial charge in [0.2, 0.25) is 4.58 Å². The molecule has 0 amide bonds.